The van der Waals surface area contributed by atoms with Gasteiger partial charge in [0.25, 0.3) is 0 Å². The Bertz CT molecular complexity index is 883. The van der Waals surface area contributed by atoms with E-state index >= 15 is 0 Å². The van der Waals surface area contributed by atoms with Crippen molar-refractivity contribution in [2.24, 2.45) is 0 Å². The zero-order valence-electron chi connectivity index (χ0n) is 16.1. The van der Waals surface area contributed by atoms with Crippen molar-refractivity contribution in [2.45, 2.75) is 19.4 Å². The van der Waals surface area contributed by atoms with Crippen LogP contribution < -0.4 is 0 Å². The van der Waals surface area contributed by atoms with Gasteiger partial charge in [0, 0.05) is 56.7 Å². The van der Waals surface area contributed by atoms with Crippen LogP contribution >= 0.6 is 0 Å². The summed E-state index contributed by atoms with van der Waals surface area (Å²) in [5.74, 6) is 0.244. The van der Waals surface area contributed by atoms with Crippen molar-refractivity contribution in [3.8, 4) is 11.3 Å². The fraction of sp³-hybridized carbons (Fsp3) is 0.304. The van der Waals surface area contributed by atoms with Gasteiger partial charge in [-0.2, -0.15) is 0 Å². The number of hydrogen-bond acceptors (Lipinski definition) is 3. The standard InChI is InChI=1S/C23H26N4O/c28-23(12-10-20-9-11-22(25-20)19-6-2-1-3-7-19)27-16-14-26(15-17-27)18-21-8-4-5-13-24-21/h1-9,11,13,25H,10,12,14-18H2. The Hall–Kier alpha value is -2.92. The Labute approximate surface area is 166 Å². The zero-order valence-corrected chi connectivity index (χ0v) is 16.1. The van der Waals surface area contributed by atoms with Gasteiger partial charge in [-0.3, -0.25) is 14.7 Å². The predicted octanol–water partition coefficient (Wildman–Crippen LogP) is 3.35. The van der Waals surface area contributed by atoms with Gasteiger partial charge < -0.3 is 9.88 Å². The summed E-state index contributed by atoms with van der Waals surface area (Å²) in [6.07, 6.45) is 3.13. The molecule has 1 amide bonds. The van der Waals surface area contributed by atoms with Crippen LogP contribution in [0.2, 0.25) is 0 Å². The van der Waals surface area contributed by atoms with E-state index in [4.69, 9.17) is 0 Å². The highest BCUT2D eigenvalue weighted by molar-refractivity contribution is 5.76. The molecule has 0 saturated carbocycles. The second-order valence-electron chi connectivity index (χ2n) is 7.24. The van der Waals surface area contributed by atoms with Crippen molar-refractivity contribution in [3.05, 3.63) is 78.2 Å². The summed E-state index contributed by atoms with van der Waals surface area (Å²) in [4.78, 5) is 24.8. The van der Waals surface area contributed by atoms with Gasteiger partial charge in [-0.25, -0.2) is 0 Å². The molecule has 0 radical (unpaired) electrons. The molecule has 0 unspecified atom stereocenters. The van der Waals surface area contributed by atoms with E-state index in [0.29, 0.717) is 6.42 Å². The van der Waals surface area contributed by atoms with Gasteiger partial charge in [-0.05, 0) is 36.2 Å². The molecule has 3 aromatic rings. The molecule has 3 heterocycles. The molecule has 4 rings (SSSR count). The van der Waals surface area contributed by atoms with Crippen LogP contribution in [0.5, 0.6) is 0 Å². The summed E-state index contributed by atoms with van der Waals surface area (Å²) < 4.78 is 0. The van der Waals surface area contributed by atoms with Crippen LogP contribution in [0, 0.1) is 0 Å². The first-order valence-electron chi connectivity index (χ1n) is 9.91. The van der Waals surface area contributed by atoms with E-state index in [-0.39, 0.29) is 5.91 Å². The summed E-state index contributed by atoms with van der Waals surface area (Å²) >= 11 is 0. The highest BCUT2D eigenvalue weighted by Gasteiger charge is 2.21. The van der Waals surface area contributed by atoms with Crippen LogP contribution in [-0.2, 0) is 17.8 Å². The molecule has 1 aliphatic rings. The number of aromatic amines is 1. The summed E-state index contributed by atoms with van der Waals surface area (Å²) in [6, 6.07) is 20.4. The number of pyridine rings is 1. The van der Waals surface area contributed by atoms with E-state index in [1.165, 1.54) is 5.56 Å². The SMILES string of the molecule is O=C(CCc1ccc(-c2ccccc2)[nH]1)N1CCN(Cc2ccccn2)CC1. The molecule has 2 aromatic heterocycles. The third-order valence-electron chi connectivity index (χ3n) is 5.28. The fourth-order valence-corrected chi connectivity index (χ4v) is 3.65. The number of H-pyrrole nitrogens is 1. The van der Waals surface area contributed by atoms with Crippen molar-refractivity contribution in [1.29, 1.82) is 0 Å². The van der Waals surface area contributed by atoms with Crippen LogP contribution in [0.3, 0.4) is 0 Å². The van der Waals surface area contributed by atoms with Gasteiger partial charge in [-0.15, -0.1) is 0 Å². The van der Waals surface area contributed by atoms with E-state index in [1.807, 2.05) is 41.4 Å². The minimum absolute atomic E-state index is 0.244. The Morgan fingerprint density at radius 1 is 0.929 bits per heavy atom. The fourth-order valence-electron chi connectivity index (χ4n) is 3.65. The van der Waals surface area contributed by atoms with E-state index in [2.05, 4.69) is 45.2 Å². The number of piperazine rings is 1. The number of carbonyl (C=O) groups is 1. The number of nitrogens with one attached hydrogen (secondary N) is 1. The van der Waals surface area contributed by atoms with Crippen LogP contribution in [0.1, 0.15) is 17.8 Å². The lowest BCUT2D eigenvalue weighted by molar-refractivity contribution is -0.133. The quantitative estimate of drug-likeness (QED) is 0.720. The van der Waals surface area contributed by atoms with Gasteiger partial charge in [0.05, 0.1) is 5.69 Å². The summed E-state index contributed by atoms with van der Waals surface area (Å²) in [6.45, 7) is 4.26. The van der Waals surface area contributed by atoms with Gasteiger partial charge >= 0.3 is 0 Å². The molecule has 144 valence electrons. The highest BCUT2D eigenvalue weighted by atomic mass is 16.2. The Morgan fingerprint density at radius 2 is 1.71 bits per heavy atom. The zero-order chi connectivity index (χ0) is 19.2. The first-order chi connectivity index (χ1) is 13.8. The van der Waals surface area contributed by atoms with Crippen molar-refractivity contribution < 1.29 is 4.79 Å². The lowest BCUT2D eigenvalue weighted by Crippen LogP contribution is -2.48. The number of nitrogens with zero attached hydrogens (tertiary/aromatic N) is 3. The third kappa shape index (κ3) is 4.67. The van der Waals surface area contributed by atoms with Gasteiger partial charge in [0.15, 0.2) is 0 Å². The number of benzene rings is 1. The van der Waals surface area contributed by atoms with E-state index in [0.717, 1.165) is 56.2 Å². The topological polar surface area (TPSA) is 52.2 Å². The molecule has 1 saturated heterocycles. The van der Waals surface area contributed by atoms with E-state index in [1.54, 1.807) is 0 Å². The van der Waals surface area contributed by atoms with Crippen molar-refractivity contribution in [2.75, 3.05) is 26.2 Å². The lowest BCUT2D eigenvalue weighted by atomic mass is 10.2. The van der Waals surface area contributed by atoms with Crippen molar-refractivity contribution in [3.63, 3.8) is 0 Å². The largest absolute Gasteiger partial charge is 0.358 e. The van der Waals surface area contributed by atoms with Gasteiger partial charge in [-0.1, -0.05) is 36.4 Å². The average Bonchev–Trinajstić information content (AvgIpc) is 3.23. The third-order valence-corrected chi connectivity index (χ3v) is 5.28. The molecule has 1 aromatic carbocycles. The number of rotatable bonds is 6. The summed E-state index contributed by atoms with van der Waals surface area (Å²) in [7, 11) is 0. The minimum Gasteiger partial charge on any atom is -0.358 e. The Balaban J connectivity index is 1.23. The van der Waals surface area contributed by atoms with Crippen LogP contribution in [-0.4, -0.2) is 51.9 Å². The molecular formula is C23H26N4O. The smallest absolute Gasteiger partial charge is 0.223 e. The van der Waals surface area contributed by atoms with Gasteiger partial charge in [0.2, 0.25) is 5.91 Å². The number of aryl methyl sites for hydroxylation is 1. The Morgan fingerprint density at radius 3 is 2.46 bits per heavy atom. The molecule has 5 heteroatoms. The number of hydrogen-bond donors (Lipinski definition) is 1. The van der Waals surface area contributed by atoms with E-state index in [9.17, 15) is 4.79 Å². The first kappa shape index (κ1) is 18.4. The average molecular weight is 374 g/mol. The monoisotopic (exact) mass is 374 g/mol. The summed E-state index contributed by atoms with van der Waals surface area (Å²) in [5, 5.41) is 0. The second kappa shape index (κ2) is 8.85. The maximum Gasteiger partial charge on any atom is 0.223 e. The minimum atomic E-state index is 0.244. The van der Waals surface area contributed by atoms with Crippen LogP contribution in [0.4, 0.5) is 0 Å². The maximum absolute atomic E-state index is 12.6. The first-order valence-corrected chi connectivity index (χ1v) is 9.91. The molecule has 1 N–H and O–H groups in total. The molecule has 28 heavy (non-hydrogen) atoms. The second-order valence-corrected chi connectivity index (χ2v) is 7.24. The maximum atomic E-state index is 12.6. The normalized spacial score (nSPS) is 14.9. The van der Waals surface area contributed by atoms with Crippen molar-refractivity contribution in [1.82, 2.24) is 19.8 Å². The molecule has 5 nitrogen and oxygen atoms in total. The van der Waals surface area contributed by atoms with Gasteiger partial charge in [0.1, 0.15) is 0 Å². The van der Waals surface area contributed by atoms with E-state index < -0.39 is 0 Å². The van der Waals surface area contributed by atoms with Crippen LogP contribution in [0.25, 0.3) is 11.3 Å². The predicted molar refractivity (Wildman–Crippen MR) is 111 cm³/mol. The lowest BCUT2D eigenvalue weighted by Gasteiger charge is -2.34. The molecule has 0 spiro atoms. The number of amides is 1. The molecular weight excluding hydrogens is 348 g/mol. The molecule has 0 aliphatic carbocycles. The Kier molecular flexibility index (Phi) is 5.83. The molecule has 0 bridgehead atoms. The number of aromatic nitrogens is 2. The summed E-state index contributed by atoms with van der Waals surface area (Å²) in [5.41, 5.74) is 4.47. The van der Waals surface area contributed by atoms with Crippen molar-refractivity contribution >= 4 is 5.91 Å². The molecule has 1 aliphatic heterocycles. The molecule has 0 atom stereocenters. The number of carbonyl (C=O) groups excluding carboxylic acids is 1. The molecule has 1 fully saturated rings. The van der Waals surface area contributed by atoms with Crippen LogP contribution in [0.15, 0.2) is 66.9 Å². The highest BCUT2D eigenvalue weighted by Crippen LogP contribution is 2.19.